The van der Waals surface area contributed by atoms with Gasteiger partial charge in [-0.1, -0.05) is 97.1 Å². The summed E-state index contributed by atoms with van der Waals surface area (Å²) in [6.07, 6.45) is 0. The molecule has 5 aromatic rings. The minimum Gasteiger partial charge on any atom is -0.399 e. The number of fused-ring (bicyclic) bond motifs is 3. The van der Waals surface area contributed by atoms with Crippen LogP contribution in [0.5, 0.6) is 0 Å². The average Bonchev–Trinajstić information content (AvgIpc) is 3.15. The van der Waals surface area contributed by atoms with Crippen molar-refractivity contribution in [3.05, 3.63) is 144 Å². The van der Waals surface area contributed by atoms with Crippen molar-refractivity contribution in [1.29, 1.82) is 0 Å². The van der Waals surface area contributed by atoms with E-state index >= 15 is 0 Å². The monoisotopic (exact) mass is 424 g/mol. The van der Waals surface area contributed by atoms with Gasteiger partial charge < -0.3 is 11.5 Å². The molecule has 1 aliphatic carbocycles. The molecule has 2 nitrogen and oxygen atoms in total. The molecule has 0 aromatic heterocycles. The van der Waals surface area contributed by atoms with Gasteiger partial charge in [0, 0.05) is 16.9 Å². The Kier molecular flexibility index (Phi) is 4.34. The molecule has 0 atom stereocenters. The quantitative estimate of drug-likeness (QED) is 0.304. The number of anilines is 2. The number of rotatable bonds is 3. The highest BCUT2D eigenvalue weighted by Gasteiger charge is 2.46. The smallest absolute Gasteiger partial charge is 0.0714 e. The van der Waals surface area contributed by atoms with Crippen molar-refractivity contribution in [3.63, 3.8) is 0 Å². The minimum atomic E-state index is -0.428. The number of nitrogen functional groups attached to an aromatic ring is 2. The van der Waals surface area contributed by atoms with E-state index in [1.54, 1.807) is 0 Å². The van der Waals surface area contributed by atoms with E-state index in [0.717, 1.165) is 22.5 Å². The molecule has 0 bridgehead atoms. The van der Waals surface area contributed by atoms with E-state index in [4.69, 9.17) is 11.5 Å². The van der Waals surface area contributed by atoms with Crippen LogP contribution in [0.2, 0.25) is 0 Å². The summed E-state index contributed by atoms with van der Waals surface area (Å²) in [5, 5.41) is 0. The second kappa shape index (κ2) is 7.39. The van der Waals surface area contributed by atoms with Crippen molar-refractivity contribution >= 4 is 11.4 Å². The first-order valence-corrected chi connectivity index (χ1v) is 11.2. The van der Waals surface area contributed by atoms with Crippen molar-refractivity contribution in [3.8, 4) is 22.3 Å². The van der Waals surface area contributed by atoms with Gasteiger partial charge in [0.25, 0.3) is 0 Å². The molecule has 0 saturated carbocycles. The molecule has 0 fully saturated rings. The summed E-state index contributed by atoms with van der Waals surface area (Å²) in [6.45, 7) is 0. The Morgan fingerprint density at radius 1 is 0.455 bits per heavy atom. The zero-order chi connectivity index (χ0) is 22.4. The van der Waals surface area contributed by atoms with Crippen molar-refractivity contribution in [2.24, 2.45) is 0 Å². The largest absolute Gasteiger partial charge is 0.399 e. The molecule has 6 rings (SSSR count). The van der Waals surface area contributed by atoms with Gasteiger partial charge in [-0.05, 0) is 63.2 Å². The van der Waals surface area contributed by atoms with Crippen molar-refractivity contribution in [2.75, 3.05) is 11.5 Å². The lowest BCUT2D eigenvalue weighted by molar-refractivity contribution is 0.769. The Bertz CT molecular complexity index is 1410. The maximum absolute atomic E-state index is 6.74. The molecule has 0 heterocycles. The molecule has 33 heavy (non-hydrogen) atoms. The van der Waals surface area contributed by atoms with Gasteiger partial charge in [0.1, 0.15) is 0 Å². The van der Waals surface area contributed by atoms with E-state index in [1.165, 1.54) is 33.4 Å². The van der Waals surface area contributed by atoms with Gasteiger partial charge >= 0.3 is 0 Å². The van der Waals surface area contributed by atoms with Crippen molar-refractivity contribution in [1.82, 2.24) is 0 Å². The van der Waals surface area contributed by atoms with Gasteiger partial charge in [0.05, 0.1) is 5.41 Å². The van der Waals surface area contributed by atoms with Gasteiger partial charge in [-0.3, -0.25) is 0 Å². The summed E-state index contributed by atoms with van der Waals surface area (Å²) < 4.78 is 0. The van der Waals surface area contributed by atoms with Gasteiger partial charge in [-0.15, -0.1) is 0 Å². The second-order valence-corrected chi connectivity index (χ2v) is 8.63. The number of nitrogens with two attached hydrogens (primary N) is 2. The van der Waals surface area contributed by atoms with Crippen LogP contribution in [0.1, 0.15) is 22.3 Å². The topological polar surface area (TPSA) is 52.0 Å². The number of benzene rings is 5. The molecular formula is C31H24N2. The van der Waals surface area contributed by atoms with Crippen molar-refractivity contribution in [2.45, 2.75) is 5.41 Å². The van der Waals surface area contributed by atoms with Crippen LogP contribution in [0.15, 0.2) is 121 Å². The average molecular weight is 425 g/mol. The third kappa shape index (κ3) is 2.81. The third-order valence-corrected chi connectivity index (χ3v) is 6.85. The maximum atomic E-state index is 6.74. The summed E-state index contributed by atoms with van der Waals surface area (Å²) >= 11 is 0. The van der Waals surface area contributed by atoms with Crippen LogP contribution in [0.25, 0.3) is 22.3 Å². The van der Waals surface area contributed by atoms with Crippen LogP contribution in [-0.4, -0.2) is 0 Å². The van der Waals surface area contributed by atoms with Crippen LogP contribution in [0.4, 0.5) is 11.4 Å². The fraction of sp³-hybridized carbons (Fsp3) is 0.0323. The minimum absolute atomic E-state index is 0.428. The lowest BCUT2D eigenvalue weighted by Crippen LogP contribution is -2.28. The normalized spacial score (nSPS) is 13.3. The predicted molar refractivity (Wildman–Crippen MR) is 138 cm³/mol. The third-order valence-electron chi connectivity index (χ3n) is 6.85. The lowest BCUT2D eigenvalue weighted by Gasteiger charge is -2.34. The molecule has 0 radical (unpaired) electrons. The highest BCUT2D eigenvalue weighted by atomic mass is 14.6. The van der Waals surface area contributed by atoms with E-state index in [1.807, 2.05) is 24.3 Å². The molecule has 2 heteroatoms. The Morgan fingerprint density at radius 2 is 1.03 bits per heavy atom. The highest BCUT2D eigenvalue weighted by Crippen LogP contribution is 2.57. The van der Waals surface area contributed by atoms with Crippen LogP contribution >= 0.6 is 0 Å². The summed E-state index contributed by atoms with van der Waals surface area (Å²) in [4.78, 5) is 0. The first-order chi connectivity index (χ1) is 16.2. The van der Waals surface area contributed by atoms with E-state index in [-0.39, 0.29) is 0 Å². The Morgan fingerprint density at radius 3 is 1.67 bits per heavy atom. The van der Waals surface area contributed by atoms with E-state index in [9.17, 15) is 0 Å². The fourth-order valence-corrected chi connectivity index (χ4v) is 5.42. The molecule has 4 N–H and O–H groups in total. The van der Waals surface area contributed by atoms with Gasteiger partial charge in [-0.2, -0.15) is 0 Å². The van der Waals surface area contributed by atoms with Gasteiger partial charge in [0.2, 0.25) is 0 Å². The molecule has 0 amide bonds. The van der Waals surface area contributed by atoms with Crippen LogP contribution < -0.4 is 11.5 Å². The predicted octanol–water partition coefficient (Wildman–Crippen LogP) is 6.88. The van der Waals surface area contributed by atoms with E-state index in [0.29, 0.717) is 0 Å². The summed E-state index contributed by atoms with van der Waals surface area (Å²) in [5.74, 6) is 0. The molecule has 0 unspecified atom stereocenters. The van der Waals surface area contributed by atoms with Crippen LogP contribution in [0.3, 0.4) is 0 Å². The first-order valence-electron chi connectivity index (χ1n) is 11.2. The second-order valence-electron chi connectivity index (χ2n) is 8.63. The van der Waals surface area contributed by atoms with Crippen LogP contribution in [0, 0.1) is 0 Å². The molecule has 1 aliphatic rings. The van der Waals surface area contributed by atoms with Crippen LogP contribution in [-0.2, 0) is 5.41 Å². The highest BCUT2D eigenvalue weighted by molar-refractivity contribution is 5.92. The Balaban J connectivity index is 1.72. The number of hydrogen-bond acceptors (Lipinski definition) is 2. The molecule has 0 aliphatic heterocycles. The zero-order valence-corrected chi connectivity index (χ0v) is 18.2. The van der Waals surface area contributed by atoms with Crippen molar-refractivity contribution < 1.29 is 0 Å². The number of hydrogen-bond donors (Lipinski definition) is 2. The Labute approximate surface area is 194 Å². The molecule has 158 valence electrons. The van der Waals surface area contributed by atoms with E-state index in [2.05, 4.69) is 97.1 Å². The van der Waals surface area contributed by atoms with E-state index < -0.39 is 5.41 Å². The standard InChI is InChI=1S/C31H24N2/c32-24-17-15-21(16-18-24)26-19-27-25-13-7-8-14-28(25)31(29(27)20-30(26)33,22-9-3-1-4-10-22)23-11-5-2-6-12-23/h1-20H,32-33H2. The molecule has 0 spiro atoms. The fourth-order valence-electron chi connectivity index (χ4n) is 5.42. The molecular weight excluding hydrogens is 400 g/mol. The Hall–Kier alpha value is -4.30. The summed E-state index contributed by atoms with van der Waals surface area (Å²) in [5.41, 5.74) is 23.3. The lowest BCUT2D eigenvalue weighted by atomic mass is 9.67. The van der Waals surface area contributed by atoms with Gasteiger partial charge in [-0.25, -0.2) is 0 Å². The first kappa shape index (κ1) is 19.4. The molecule has 5 aromatic carbocycles. The maximum Gasteiger partial charge on any atom is 0.0714 e. The SMILES string of the molecule is Nc1ccc(-c2cc3c(cc2N)C(c2ccccc2)(c2ccccc2)c2ccccc2-3)cc1. The summed E-state index contributed by atoms with van der Waals surface area (Å²) in [6, 6.07) is 42.6. The van der Waals surface area contributed by atoms with Gasteiger partial charge in [0.15, 0.2) is 0 Å². The molecule has 0 saturated heterocycles. The summed E-state index contributed by atoms with van der Waals surface area (Å²) in [7, 11) is 0. The zero-order valence-electron chi connectivity index (χ0n) is 18.2.